The SMILES string of the molecule is COc1cc(C)nc(NC(CCl)CC(C)C)n1. The van der Waals surface area contributed by atoms with Crippen LogP contribution >= 0.6 is 11.6 Å². The molecule has 0 aromatic carbocycles. The summed E-state index contributed by atoms with van der Waals surface area (Å²) in [5, 5.41) is 3.24. The van der Waals surface area contributed by atoms with E-state index in [2.05, 4.69) is 29.1 Å². The van der Waals surface area contributed by atoms with Crippen molar-refractivity contribution in [2.24, 2.45) is 5.92 Å². The molecule has 0 bridgehead atoms. The molecule has 0 amide bonds. The van der Waals surface area contributed by atoms with Gasteiger partial charge in [-0.15, -0.1) is 11.6 Å². The molecule has 1 heterocycles. The Balaban J connectivity index is 2.74. The zero-order chi connectivity index (χ0) is 12.8. The van der Waals surface area contributed by atoms with E-state index in [0.717, 1.165) is 12.1 Å². The van der Waals surface area contributed by atoms with Crippen LogP contribution in [0.5, 0.6) is 5.88 Å². The fourth-order valence-corrected chi connectivity index (χ4v) is 1.82. The van der Waals surface area contributed by atoms with Crippen LogP contribution in [0.3, 0.4) is 0 Å². The second-order valence-corrected chi connectivity index (χ2v) is 4.81. The average molecular weight is 258 g/mol. The van der Waals surface area contributed by atoms with Crippen molar-refractivity contribution in [3.63, 3.8) is 0 Å². The van der Waals surface area contributed by atoms with Crippen LogP contribution in [0.4, 0.5) is 5.95 Å². The van der Waals surface area contributed by atoms with Crippen LogP contribution in [-0.4, -0.2) is 29.0 Å². The van der Waals surface area contributed by atoms with Crippen molar-refractivity contribution in [2.45, 2.75) is 33.2 Å². The Labute approximate surface area is 108 Å². The van der Waals surface area contributed by atoms with Crippen LogP contribution < -0.4 is 10.1 Å². The van der Waals surface area contributed by atoms with Crippen LogP contribution in [0.1, 0.15) is 26.0 Å². The first-order valence-corrected chi connectivity index (χ1v) is 6.30. The number of methoxy groups -OCH3 is 1. The monoisotopic (exact) mass is 257 g/mol. The highest BCUT2D eigenvalue weighted by molar-refractivity contribution is 6.18. The highest BCUT2D eigenvalue weighted by Crippen LogP contribution is 2.15. The summed E-state index contributed by atoms with van der Waals surface area (Å²) in [6, 6.07) is 1.98. The molecule has 1 N–H and O–H groups in total. The van der Waals surface area contributed by atoms with Crippen molar-refractivity contribution in [1.29, 1.82) is 0 Å². The molecule has 1 atom stereocenters. The number of aryl methyl sites for hydroxylation is 1. The van der Waals surface area contributed by atoms with E-state index in [9.17, 15) is 0 Å². The van der Waals surface area contributed by atoms with Crippen molar-refractivity contribution >= 4 is 17.5 Å². The number of nitrogens with one attached hydrogen (secondary N) is 1. The van der Waals surface area contributed by atoms with Crippen LogP contribution in [0.25, 0.3) is 0 Å². The molecular weight excluding hydrogens is 238 g/mol. The molecule has 0 aliphatic carbocycles. The quantitative estimate of drug-likeness (QED) is 0.796. The predicted octanol–water partition coefficient (Wildman–Crippen LogP) is 2.86. The Bertz CT molecular complexity index is 358. The van der Waals surface area contributed by atoms with Gasteiger partial charge in [0.25, 0.3) is 0 Å². The molecule has 1 aromatic rings. The number of halogens is 1. The first-order chi connectivity index (χ1) is 8.05. The van der Waals surface area contributed by atoms with Gasteiger partial charge in [0.15, 0.2) is 0 Å². The Morgan fingerprint density at radius 3 is 2.65 bits per heavy atom. The number of rotatable bonds is 6. The summed E-state index contributed by atoms with van der Waals surface area (Å²) in [4.78, 5) is 8.56. The molecule has 0 aliphatic rings. The molecule has 1 aromatic heterocycles. The van der Waals surface area contributed by atoms with Gasteiger partial charge in [0, 0.05) is 23.7 Å². The molecule has 1 unspecified atom stereocenters. The predicted molar refractivity (Wildman–Crippen MR) is 70.9 cm³/mol. The van der Waals surface area contributed by atoms with Crippen molar-refractivity contribution in [3.05, 3.63) is 11.8 Å². The minimum atomic E-state index is 0.183. The largest absolute Gasteiger partial charge is 0.481 e. The molecule has 0 fully saturated rings. The highest BCUT2D eigenvalue weighted by Gasteiger charge is 2.12. The van der Waals surface area contributed by atoms with Crippen molar-refractivity contribution in [1.82, 2.24) is 9.97 Å². The van der Waals surface area contributed by atoms with E-state index in [1.54, 1.807) is 13.2 Å². The third kappa shape index (κ3) is 4.77. The Morgan fingerprint density at radius 1 is 1.41 bits per heavy atom. The van der Waals surface area contributed by atoms with Crippen molar-refractivity contribution < 1.29 is 4.74 Å². The fraction of sp³-hybridized carbons (Fsp3) is 0.667. The van der Waals surface area contributed by atoms with Gasteiger partial charge in [-0.2, -0.15) is 4.98 Å². The van der Waals surface area contributed by atoms with E-state index in [1.165, 1.54) is 0 Å². The van der Waals surface area contributed by atoms with Gasteiger partial charge < -0.3 is 10.1 Å². The number of nitrogens with zero attached hydrogens (tertiary/aromatic N) is 2. The lowest BCUT2D eigenvalue weighted by Crippen LogP contribution is -2.24. The Morgan fingerprint density at radius 2 is 2.12 bits per heavy atom. The molecule has 17 heavy (non-hydrogen) atoms. The lowest BCUT2D eigenvalue weighted by molar-refractivity contribution is 0.396. The molecule has 0 aliphatic heterocycles. The molecule has 4 nitrogen and oxygen atoms in total. The van der Waals surface area contributed by atoms with E-state index in [4.69, 9.17) is 16.3 Å². The summed E-state index contributed by atoms with van der Waals surface area (Å²) in [5.74, 6) is 2.27. The van der Waals surface area contributed by atoms with Gasteiger partial charge in [0.05, 0.1) is 7.11 Å². The van der Waals surface area contributed by atoms with E-state index < -0.39 is 0 Å². The van der Waals surface area contributed by atoms with Gasteiger partial charge >= 0.3 is 0 Å². The van der Waals surface area contributed by atoms with Gasteiger partial charge in [-0.05, 0) is 19.3 Å². The summed E-state index contributed by atoms with van der Waals surface area (Å²) in [7, 11) is 1.60. The average Bonchev–Trinajstić information content (AvgIpc) is 2.26. The minimum Gasteiger partial charge on any atom is -0.481 e. The normalized spacial score (nSPS) is 12.6. The van der Waals surface area contributed by atoms with Crippen molar-refractivity contribution in [3.8, 4) is 5.88 Å². The molecule has 0 saturated heterocycles. The van der Waals surface area contributed by atoms with Gasteiger partial charge in [-0.25, -0.2) is 4.98 Å². The number of hydrogen-bond donors (Lipinski definition) is 1. The minimum absolute atomic E-state index is 0.183. The molecule has 0 spiro atoms. The summed E-state index contributed by atoms with van der Waals surface area (Å²) in [6.07, 6.45) is 0.989. The number of hydrogen-bond acceptors (Lipinski definition) is 4. The molecule has 1 rings (SSSR count). The second kappa shape index (κ2) is 6.64. The molecular formula is C12H20ClN3O. The number of alkyl halides is 1. The third-order valence-corrected chi connectivity index (χ3v) is 2.69. The lowest BCUT2D eigenvalue weighted by Gasteiger charge is -2.18. The van der Waals surface area contributed by atoms with Crippen LogP contribution in [0.15, 0.2) is 6.07 Å². The standard InChI is InChI=1S/C12H20ClN3O/c1-8(2)5-10(7-13)15-12-14-9(3)6-11(16-12)17-4/h6,8,10H,5,7H2,1-4H3,(H,14,15,16). The number of anilines is 1. The van der Waals surface area contributed by atoms with Gasteiger partial charge in [-0.3, -0.25) is 0 Å². The number of aromatic nitrogens is 2. The van der Waals surface area contributed by atoms with Crippen molar-refractivity contribution in [2.75, 3.05) is 18.3 Å². The fourth-order valence-electron chi connectivity index (χ4n) is 1.62. The maximum atomic E-state index is 5.93. The van der Waals surface area contributed by atoms with Crippen LogP contribution in [0, 0.1) is 12.8 Å². The molecule has 5 heteroatoms. The summed E-state index contributed by atoms with van der Waals surface area (Å²) in [5.41, 5.74) is 0.872. The topological polar surface area (TPSA) is 47.0 Å². The molecule has 0 saturated carbocycles. The van der Waals surface area contributed by atoms with Crippen LogP contribution in [-0.2, 0) is 0 Å². The van der Waals surface area contributed by atoms with E-state index in [0.29, 0.717) is 23.6 Å². The first kappa shape index (κ1) is 14.0. The van der Waals surface area contributed by atoms with E-state index in [1.807, 2.05) is 6.92 Å². The Hall–Kier alpha value is -1.03. The molecule has 96 valence electrons. The van der Waals surface area contributed by atoms with Gasteiger partial charge in [-0.1, -0.05) is 13.8 Å². The lowest BCUT2D eigenvalue weighted by atomic mass is 10.1. The van der Waals surface area contributed by atoms with Gasteiger partial charge in [0.1, 0.15) is 0 Å². The summed E-state index contributed by atoms with van der Waals surface area (Å²) >= 11 is 5.93. The second-order valence-electron chi connectivity index (χ2n) is 4.50. The van der Waals surface area contributed by atoms with Gasteiger partial charge in [0.2, 0.25) is 11.8 Å². The molecule has 0 radical (unpaired) electrons. The Kier molecular flexibility index (Phi) is 5.48. The van der Waals surface area contributed by atoms with E-state index >= 15 is 0 Å². The number of ether oxygens (including phenoxy) is 1. The zero-order valence-corrected chi connectivity index (χ0v) is 11.6. The first-order valence-electron chi connectivity index (χ1n) is 5.77. The van der Waals surface area contributed by atoms with E-state index in [-0.39, 0.29) is 6.04 Å². The highest BCUT2D eigenvalue weighted by atomic mass is 35.5. The maximum Gasteiger partial charge on any atom is 0.226 e. The summed E-state index contributed by atoms with van der Waals surface area (Å²) in [6.45, 7) is 6.24. The summed E-state index contributed by atoms with van der Waals surface area (Å²) < 4.78 is 5.11. The smallest absolute Gasteiger partial charge is 0.226 e. The third-order valence-electron chi connectivity index (χ3n) is 2.32. The maximum absolute atomic E-state index is 5.93. The van der Waals surface area contributed by atoms with Crippen LogP contribution in [0.2, 0.25) is 0 Å². The zero-order valence-electron chi connectivity index (χ0n) is 10.8.